The van der Waals surface area contributed by atoms with Crippen molar-refractivity contribution in [2.75, 3.05) is 14.2 Å². The average molecular weight is 479 g/mol. The maximum atomic E-state index is 12.9. The van der Waals surface area contributed by atoms with Crippen LogP contribution in [0.2, 0.25) is 0 Å². The van der Waals surface area contributed by atoms with Gasteiger partial charge in [0.05, 0.1) is 14.2 Å². The lowest BCUT2D eigenvalue weighted by Gasteiger charge is -2.26. The number of benzene rings is 3. The van der Waals surface area contributed by atoms with E-state index in [0.717, 1.165) is 45.8 Å². The van der Waals surface area contributed by atoms with E-state index in [9.17, 15) is 4.79 Å². The van der Waals surface area contributed by atoms with E-state index < -0.39 is 5.41 Å². The third kappa shape index (κ3) is 5.52. The lowest BCUT2D eigenvalue weighted by atomic mass is 9.77. The molecule has 0 heterocycles. The molecule has 4 rings (SSSR count). The minimum Gasteiger partial charge on any atom is -0.497 e. The van der Waals surface area contributed by atoms with Gasteiger partial charge >= 0.3 is 0 Å². The highest BCUT2D eigenvalue weighted by Crippen LogP contribution is 2.41. The van der Waals surface area contributed by atoms with E-state index in [2.05, 4.69) is 60.7 Å². The molecule has 184 valence electrons. The lowest BCUT2D eigenvalue weighted by Crippen LogP contribution is -2.22. The van der Waals surface area contributed by atoms with E-state index in [1.165, 1.54) is 5.57 Å². The Hall–Kier alpha value is -3.85. The van der Waals surface area contributed by atoms with Crippen LogP contribution in [0.1, 0.15) is 43.9 Å². The minimum atomic E-state index is -0.404. The van der Waals surface area contributed by atoms with Crippen molar-refractivity contribution < 1.29 is 14.3 Å². The molecule has 1 aliphatic rings. The van der Waals surface area contributed by atoms with Crippen molar-refractivity contribution in [3.05, 3.63) is 119 Å². The Bertz CT molecular complexity index is 1240. The zero-order valence-corrected chi connectivity index (χ0v) is 21.7. The van der Waals surface area contributed by atoms with Crippen molar-refractivity contribution in [2.24, 2.45) is 11.3 Å². The summed E-state index contributed by atoms with van der Waals surface area (Å²) in [5.74, 6) is 1.93. The van der Waals surface area contributed by atoms with Gasteiger partial charge < -0.3 is 9.47 Å². The fourth-order valence-corrected chi connectivity index (χ4v) is 4.59. The summed E-state index contributed by atoms with van der Waals surface area (Å²) < 4.78 is 10.8. The van der Waals surface area contributed by atoms with E-state index in [-0.39, 0.29) is 11.7 Å². The van der Waals surface area contributed by atoms with Crippen molar-refractivity contribution >= 4 is 16.9 Å². The molecule has 0 spiro atoms. The SMILES string of the molecule is COc1ccc(C(=C(c2ccccc2)C2C=CC(C(=O)C(C)(C)C)=CC2)c2ccc(OC)cc2)cc1. The highest BCUT2D eigenvalue weighted by Gasteiger charge is 2.27. The van der Waals surface area contributed by atoms with Gasteiger partial charge in [0.15, 0.2) is 5.78 Å². The number of hydrogen-bond acceptors (Lipinski definition) is 3. The first kappa shape index (κ1) is 25.2. The first-order valence-electron chi connectivity index (χ1n) is 12.3. The number of ether oxygens (including phenoxy) is 2. The van der Waals surface area contributed by atoms with Crippen LogP contribution in [0.3, 0.4) is 0 Å². The third-order valence-corrected chi connectivity index (χ3v) is 6.53. The summed E-state index contributed by atoms with van der Waals surface area (Å²) >= 11 is 0. The molecular weight excluding hydrogens is 444 g/mol. The van der Waals surface area contributed by atoms with Gasteiger partial charge in [0.2, 0.25) is 0 Å². The summed E-state index contributed by atoms with van der Waals surface area (Å²) in [5.41, 5.74) is 6.14. The maximum absolute atomic E-state index is 12.9. The van der Waals surface area contributed by atoms with Crippen LogP contribution in [0.15, 0.2) is 103 Å². The van der Waals surface area contributed by atoms with Gasteiger partial charge in [-0.2, -0.15) is 0 Å². The minimum absolute atomic E-state index is 0.114. The Labute approximate surface area is 214 Å². The Morgan fingerprint density at radius 1 is 0.750 bits per heavy atom. The molecule has 3 nitrogen and oxygen atoms in total. The number of ketones is 1. The van der Waals surface area contributed by atoms with E-state index in [1.807, 2.05) is 57.2 Å². The van der Waals surface area contributed by atoms with Crippen LogP contribution in [0.5, 0.6) is 11.5 Å². The lowest BCUT2D eigenvalue weighted by molar-refractivity contribution is -0.122. The standard InChI is InChI=1S/C33H34O3/c1-33(2,3)32(34)27-13-11-24(12-14-27)30(23-9-7-6-8-10-23)31(25-15-19-28(35-4)20-16-25)26-17-21-29(36-5)22-18-26/h6-11,13-22,24H,12H2,1-5H3. The summed E-state index contributed by atoms with van der Waals surface area (Å²) in [6.45, 7) is 5.91. The van der Waals surface area contributed by atoms with Gasteiger partial charge in [-0.15, -0.1) is 0 Å². The molecule has 1 aliphatic carbocycles. The molecule has 1 atom stereocenters. The highest BCUT2D eigenvalue weighted by atomic mass is 16.5. The van der Waals surface area contributed by atoms with Crippen LogP contribution in [0.25, 0.3) is 11.1 Å². The van der Waals surface area contributed by atoms with Crippen LogP contribution in [-0.2, 0) is 4.79 Å². The molecule has 0 bridgehead atoms. The first-order valence-corrected chi connectivity index (χ1v) is 12.3. The second-order valence-corrected chi connectivity index (χ2v) is 10.1. The van der Waals surface area contributed by atoms with Crippen LogP contribution in [-0.4, -0.2) is 20.0 Å². The summed E-state index contributed by atoms with van der Waals surface area (Å²) in [4.78, 5) is 12.9. The van der Waals surface area contributed by atoms with Crippen molar-refractivity contribution in [3.63, 3.8) is 0 Å². The molecule has 3 heteroatoms. The molecule has 0 fully saturated rings. The number of carbonyl (C=O) groups is 1. The monoisotopic (exact) mass is 478 g/mol. The summed E-state index contributed by atoms with van der Waals surface area (Å²) in [6.07, 6.45) is 7.05. The van der Waals surface area contributed by atoms with E-state index in [4.69, 9.17) is 9.47 Å². The molecule has 3 aromatic rings. The van der Waals surface area contributed by atoms with E-state index in [1.54, 1.807) is 14.2 Å². The van der Waals surface area contributed by atoms with Crippen LogP contribution in [0, 0.1) is 11.3 Å². The molecule has 1 unspecified atom stereocenters. The number of methoxy groups -OCH3 is 2. The molecule has 0 N–H and O–H groups in total. The third-order valence-electron chi connectivity index (χ3n) is 6.53. The Kier molecular flexibility index (Phi) is 7.59. The van der Waals surface area contributed by atoms with Gasteiger partial charge in [0.25, 0.3) is 0 Å². The fourth-order valence-electron chi connectivity index (χ4n) is 4.59. The summed E-state index contributed by atoms with van der Waals surface area (Å²) in [5, 5.41) is 0. The van der Waals surface area contributed by atoms with Crippen molar-refractivity contribution in [2.45, 2.75) is 27.2 Å². The molecule has 0 saturated heterocycles. The summed E-state index contributed by atoms with van der Waals surface area (Å²) in [6, 6.07) is 26.9. The van der Waals surface area contributed by atoms with Crippen LogP contribution >= 0.6 is 0 Å². The largest absolute Gasteiger partial charge is 0.497 e. The van der Waals surface area contributed by atoms with Gasteiger partial charge in [0, 0.05) is 16.9 Å². The number of Topliss-reactive ketones (excluding diaryl/α,β-unsaturated/α-hetero) is 1. The zero-order valence-electron chi connectivity index (χ0n) is 21.7. The predicted molar refractivity (Wildman–Crippen MR) is 148 cm³/mol. The molecule has 3 aromatic carbocycles. The molecule has 0 aromatic heterocycles. The normalized spacial score (nSPS) is 15.1. The number of hydrogen-bond donors (Lipinski definition) is 0. The Morgan fingerprint density at radius 2 is 1.28 bits per heavy atom. The molecule has 0 radical (unpaired) electrons. The van der Waals surface area contributed by atoms with Crippen LogP contribution in [0.4, 0.5) is 0 Å². The molecule has 36 heavy (non-hydrogen) atoms. The second-order valence-electron chi connectivity index (χ2n) is 10.1. The zero-order chi connectivity index (χ0) is 25.7. The highest BCUT2D eigenvalue weighted by molar-refractivity contribution is 6.03. The van der Waals surface area contributed by atoms with Crippen molar-refractivity contribution in [3.8, 4) is 11.5 Å². The number of rotatable bonds is 7. The van der Waals surface area contributed by atoms with Gasteiger partial charge in [-0.05, 0) is 58.5 Å². The van der Waals surface area contributed by atoms with Gasteiger partial charge in [0.1, 0.15) is 11.5 Å². The van der Waals surface area contributed by atoms with Gasteiger partial charge in [-0.25, -0.2) is 0 Å². The quantitative estimate of drug-likeness (QED) is 0.325. The Balaban J connectivity index is 1.90. The van der Waals surface area contributed by atoms with Gasteiger partial charge in [-0.3, -0.25) is 4.79 Å². The molecule has 0 saturated carbocycles. The van der Waals surface area contributed by atoms with Crippen molar-refractivity contribution in [1.82, 2.24) is 0 Å². The molecule has 0 aliphatic heterocycles. The van der Waals surface area contributed by atoms with E-state index >= 15 is 0 Å². The van der Waals surface area contributed by atoms with Gasteiger partial charge in [-0.1, -0.05) is 93.6 Å². The number of carbonyl (C=O) groups excluding carboxylic acids is 1. The molecular formula is C33H34O3. The predicted octanol–water partition coefficient (Wildman–Crippen LogP) is 7.78. The maximum Gasteiger partial charge on any atom is 0.167 e. The van der Waals surface area contributed by atoms with E-state index in [0.29, 0.717) is 0 Å². The smallest absolute Gasteiger partial charge is 0.167 e. The van der Waals surface area contributed by atoms with Crippen LogP contribution < -0.4 is 9.47 Å². The number of allylic oxidation sites excluding steroid dienone is 5. The average Bonchev–Trinajstić information content (AvgIpc) is 2.91. The first-order chi connectivity index (χ1) is 17.3. The summed E-state index contributed by atoms with van der Waals surface area (Å²) in [7, 11) is 3.36. The second kappa shape index (κ2) is 10.8. The van der Waals surface area contributed by atoms with Crippen molar-refractivity contribution in [1.29, 1.82) is 0 Å². The molecule has 0 amide bonds. The fraction of sp³-hybridized carbons (Fsp3) is 0.242. The Morgan fingerprint density at radius 3 is 1.69 bits per heavy atom. The topological polar surface area (TPSA) is 35.5 Å².